The van der Waals surface area contributed by atoms with Gasteiger partial charge in [0, 0.05) is 11.8 Å². The van der Waals surface area contributed by atoms with Gasteiger partial charge in [0.15, 0.2) is 0 Å². The van der Waals surface area contributed by atoms with E-state index < -0.39 is 4.92 Å². The number of phenolic OH excluding ortho intramolecular Hbond substituents is 1. The molecule has 1 aromatic heterocycles. The van der Waals surface area contributed by atoms with E-state index in [0.717, 1.165) is 11.8 Å². The number of benzene rings is 2. The van der Waals surface area contributed by atoms with Crippen LogP contribution in [-0.4, -0.2) is 31.9 Å². The van der Waals surface area contributed by atoms with Crippen LogP contribution in [0.5, 0.6) is 5.75 Å². The van der Waals surface area contributed by atoms with Gasteiger partial charge in [0.25, 0.3) is 16.8 Å². The average molecular weight is 386 g/mol. The van der Waals surface area contributed by atoms with Crippen LogP contribution >= 0.6 is 11.8 Å². The molecule has 2 N–H and O–H groups in total. The SMILES string of the molecule is Cc1cc(NC(=O)CSc2nnc(-c3ccccc3[N+](=O)[O-])o2)ccc1O. The Bertz CT molecular complexity index is 1000. The van der Waals surface area contributed by atoms with Crippen LogP contribution in [0.4, 0.5) is 11.4 Å². The van der Waals surface area contributed by atoms with E-state index in [-0.39, 0.29) is 39.8 Å². The van der Waals surface area contributed by atoms with Crippen molar-refractivity contribution < 1.29 is 19.2 Å². The van der Waals surface area contributed by atoms with E-state index in [1.807, 2.05) is 0 Å². The van der Waals surface area contributed by atoms with E-state index in [4.69, 9.17) is 4.42 Å². The second-order valence-corrected chi connectivity index (χ2v) is 6.41. The van der Waals surface area contributed by atoms with Gasteiger partial charge in [0.1, 0.15) is 11.3 Å². The van der Waals surface area contributed by atoms with Crippen molar-refractivity contribution >= 4 is 29.0 Å². The number of nitrogens with one attached hydrogen (secondary N) is 1. The third kappa shape index (κ3) is 4.42. The van der Waals surface area contributed by atoms with E-state index >= 15 is 0 Å². The predicted octanol–water partition coefficient (Wildman–Crippen LogP) is 3.39. The number of rotatable bonds is 6. The molecule has 0 atom stereocenters. The monoisotopic (exact) mass is 386 g/mol. The van der Waals surface area contributed by atoms with Crippen LogP contribution in [0.3, 0.4) is 0 Å². The standard InChI is InChI=1S/C17H14N4O5S/c1-10-8-11(6-7-14(10)22)18-15(23)9-27-17-20-19-16(26-17)12-4-2-3-5-13(12)21(24)25/h2-8,22H,9H2,1H3,(H,18,23). The zero-order valence-electron chi connectivity index (χ0n) is 14.1. The number of para-hydroxylation sites is 1. The van der Waals surface area contributed by atoms with E-state index in [0.29, 0.717) is 11.3 Å². The molecule has 0 unspecified atom stereocenters. The predicted molar refractivity (Wildman–Crippen MR) is 98.6 cm³/mol. The number of hydrogen-bond acceptors (Lipinski definition) is 8. The normalized spacial score (nSPS) is 10.6. The maximum absolute atomic E-state index is 12.0. The van der Waals surface area contributed by atoms with E-state index in [9.17, 15) is 20.0 Å². The Hall–Kier alpha value is -3.40. The van der Waals surface area contributed by atoms with Crippen LogP contribution < -0.4 is 5.32 Å². The van der Waals surface area contributed by atoms with Crippen molar-refractivity contribution in [1.82, 2.24) is 10.2 Å². The molecule has 0 spiro atoms. The second-order valence-electron chi connectivity index (χ2n) is 5.49. The maximum atomic E-state index is 12.0. The largest absolute Gasteiger partial charge is 0.508 e. The molecule has 0 fully saturated rings. The summed E-state index contributed by atoms with van der Waals surface area (Å²) in [7, 11) is 0. The summed E-state index contributed by atoms with van der Waals surface area (Å²) >= 11 is 1.01. The quantitative estimate of drug-likeness (QED) is 0.285. The van der Waals surface area contributed by atoms with Crippen LogP contribution in [0.1, 0.15) is 5.56 Å². The summed E-state index contributed by atoms with van der Waals surface area (Å²) in [5, 5.41) is 31.0. The highest BCUT2D eigenvalue weighted by Crippen LogP contribution is 2.30. The molecule has 2 aromatic carbocycles. The molecule has 10 heteroatoms. The van der Waals surface area contributed by atoms with Crippen molar-refractivity contribution in [1.29, 1.82) is 0 Å². The molecule has 0 radical (unpaired) electrons. The molecule has 0 aliphatic carbocycles. The number of carbonyl (C=O) groups excluding carboxylic acids is 1. The molecule has 27 heavy (non-hydrogen) atoms. The van der Waals surface area contributed by atoms with Crippen molar-refractivity contribution in [3.63, 3.8) is 0 Å². The van der Waals surface area contributed by atoms with Crippen molar-refractivity contribution in [2.45, 2.75) is 12.1 Å². The Morgan fingerprint density at radius 3 is 2.81 bits per heavy atom. The van der Waals surface area contributed by atoms with E-state index in [1.165, 1.54) is 18.2 Å². The van der Waals surface area contributed by atoms with Gasteiger partial charge in [-0.25, -0.2) is 0 Å². The number of anilines is 1. The summed E-state index contributed by atoms with van der Waals surface area (Å²) in [6, 6.07) is 10.8. The van der Waals surface area contributed by atoms with Crippen LogP contribution in [0.25, 0.3) is 11.5 Å². The number of aryl methyl sites for hydroxylation is 1. The number of aromatic nitrogens is 2. The van der Waals surface area contributed by atoms with Crippen LogP contribution in [-0.2, 0) is 4.79 Å². The minimum Gasteiger partial charge on any atom is -0.508 e. The van der Waals surface area contributed by atoms with E-state index in [1.54, 1.807) is 31.2 Å². The molecule has 3 rings (SSSR count). The zero-order valence-corrected chi connectivity index (χ0v) is 14.9. The van der Waals surface area contributed by atoms with Gasteiger partial charge in [-0.15, -0.1) is 10.2 Å². The lowest BCUT2D eigenvalue weighted by molar-refractivity contribution is -0.384. The number of nitro groups is 1. The highest BCUT2D eigenvalue weighted by molar-refractivity contribution is 7.99. The smallest absolute Gasteiger partial charge is 0.282 e. The second kappa shape index (κ2) is 7.87. The Morgan fingerprint density at radius 1 is 1.30 bits per heavy atom. The number of carbonyl (C=O) groups is 1. The van der Waals surface area contributed by atoms with Gasteiger partial charge in [-0.3, -0.25) is 14.9 Å². The molecule has 0 aliphatic heterocycles. The lowest BCUT2D eigenvalue weighted by atomic mass is 10.2. The van der Waals surface area contributed by atoms with Gasteiger partial charge in [0.2, 0.25) is 5.91 Å². The minimum absolute atomic E-state index is 0.0123. The highest BCUT2D eigenvalue weighted by atomic mass is 32.2. The molecule has 138 valence electrons. The average Bonchev–Trinajstić information content (AvgIpc) is 3.12. The Morgan fingerprint density at radius 2 is 2.07 bits per heavy atom. The summed E-state index contributed by atoms with van der Waals surface area (Å²) in [6.07, 6.45) is 0. The van der Waals surface area contributed by atoms with Crippen LogP contribution in [0.2, 0.25) is 0 Å². The van der Waals surface area contributed by atoms with Gasteiger partial charge < -0.3 is 14.8 Å². The number of nitrogens with zero attached hydrogens (tertiary/aromatic N) is 3. The topological polar surface area (TPSA) is 131 Å². The van der Waals surface area contributed by atoms with Gasteiger partial charge in [0.05, 0.1) is 10.7 Å². The molecule has 3 aromatic rings. The lowest BCUT2D eigenvalue weighted by Gasteiger charge is -2.06. The first-order chi connectivity index (χ1) is 12.9. The van der Waals surface area contributed by atoms with Crippen molar-refractivity contribution in [3.05, 3.63) is 58.1 Å². The number of hydrogen-bond donors (Lipinski definition) is 2. The van der Waals surface area contributed by atoms with Crippen LogP contribution in [0, 0.1) is 17.0 Å². The van der Waals surface area contributed by atoms with Gasteiger partial charge in [-0.2, -0.15) is 0 Å². The molecular formula is C17H14N4O5S. The molecule has 9 nitrogen and oxygen atoms in total. The van der Waals surface area contributed by atoms with Gasteiger partial charge in [-0.1, -0.05) is 23.9 Å². The molecule has 0 aliphatic rings. The maximum Gasteiger partial charge on any atom is 0.282 e. The molecule has 0 saturated carbocycles. The minimum atomic E-state index is -0.528. The summed E-state index contributed by atoms with van der Waals surface area (Å²) in [4.78, 5) is 22.6. The van der Waals surface area contributed by atoms with Crippen LogP contribution in [0.15, 0.2) is 52.1 Å². The Kier molecular flexibility index (Phi) is 5.36. The fraction of sp³-hybridized carbons (Fsp3) is 0.118. The number of nitro benzene ring substituents is 1. The first kappa shape index (κ1) is 18.4. The molecule has 0 saturated heterocycles. The van der Waals surface area contributed by atoms with Crippen molar-refractivity contribution in [2.75, 3.05) is 11.1 Å². The molecule has 1 amide bonds. The fourth-order valence-electron chi connectivity index (χ4n) is 2.25. The van der Waals surface area contributed by atoms with E-state index in [2.05, 4.69) is 15.5 Å². The molecular weight excluding hydrogens is 372 g/mol. The highest BCUT2D eigenvalue weighted by Gasteiger charge is 2.20. The Labute approximate surface area is 157 Å². The summed E-state index contributed by atoms with van der Waals surface area (Å²) in [6.45, 7) is 1.72. The first-order valence-electron chi connectivity index (χ1n) is 7.73. The molecule has 0 bridgehead atoms. The van der Waals surface area contributed by atoms with Gasteiger partial charge >= 0.3 is 0 Å². The third-order valence-corrected chi connectivity index (χ3v) is 4.36. The molecule has 1 heterocycles. The van der Waals surface area contributed by atoms with Crippen molar-refractivity contribution in [2.24, 2.45) is 0 Å². The number of phenols is 1. The third-order valence-electron chi connectivity index (χ3n) is 3.54. The van der Waals surface area contributed by atoms with Crippen molar-refractivity contribution in [3.8, 4) is 17.2 Å². The number of thioether (sulfide) groups is 1. The van der Waals surface area contributed by atoms with Gasteiger partial charge in [-0.05, 0) is 36.8 Å². The zero-order chi connectivity index (χ0) is 19.4. The summed E-state index contributed by atoms with van der Waals surface area (Å²) < 4.78 is 5.42. The lowest BCUT2D eigenvalue weighted by Crippen LogP contribution is -2.14. The summed E-state index contributed by atoms with van der Waals surface area (Å²) in [5.41, 5.74) is 1.28. The number of aromatic hydroxyl groups is 1. The number of amides is 1. The summed E-state index contributed by atoms with van der Waals surface area (Å²) in [5.74, 6) is -0.121. The first-order valence-corrected chi connectivity index (χ1v) is 8.72. The Balaban J connectivity index is 1.64. The fourth-order valence-corrected chi connectivity index (χ4v) is 2.81.